The van der Waals surface area contributed by atoms with Gasteiger partial charge in [-0.05, 0) is 54.8 Å². The number of hydrogen-bond donors (Lipinski definition) is 6. The summed E-state index contributed by atoms with van der Waals surface area (Å²) < 4.78 is 13.4. The molecule has 2 amide bonds. The molecule has 1 saturated carbocycles. The topological polar surface area (TPSA) is 97.5 Å². The maximum Gasteiger partial charge on any atom is 0.321 e. The van der Waals surface area contributed by atoms with Gasteiger partial charge in [-0.3, -0.25) is 10.6 Å². The molecule has 3 unspecified atom stereocenters. The normalized spacial score (nSPS) is 26.1. The molecule has 1 spiro atoms. The van der Waals surface area contributed by atoms with E-state index in [1.54, 1.807) is 18.2 Å². The average molecular weight is 458 g/mol. The first-order chi connectivity index (χ1) is 16.0. The second-order valence-corrected chi connectivity index (χ2v) is 9.56. The highest BCUT2D eigenvalue weighted by Gasteiger charge is 2.47. The van der Waals surface area contributed by atoms with Crippen LogP contribution < -0.4 is 26.7 Å². The standard InChI is InChI=1S/C25H36FN5O2/c1-17-25(13-7-5-3-2-4-6-8-14-25)22(31-33)29-23(27-17)30-24(32)28-21-12-10-18-15-20(26)11-9-19(18)16-21/h9-12,15-17,22-23,27,29,31,33H,2-8,13-14H2,1H3,(H2,28,30,32). The van der Waals surface area contributed by atoms with Gasteiger partial charge in [-0.15, -0.1) is 0 Å². The Hall–Kier alpha value is -2.26. The van der Waals surface area contributed by atoms with Crippen molar-refractivity contribution < 1.29 is 14.4 Å². The summed E-state index contributed by atoms with van der Waals surface area (Å²) >= 11 is 0. The molecule has 6 N–H and O–H groups in total. The molecule has 1 aliphatic carbocycles. The monoisotopic (exact) mass is 457 g/mol. The number of urea groups is 1. The van der Waals surface area contributed by atoms with Gasteiger partial charge in [0.25, 0.3) is 0 Å². The number of anilines is 1. The van der Waals surface area contributed by atoms with E-state index in [2.05, 4.69) is 33.7 Å². The summed E-state index contributed by atoms with van der Waals surface area (Å²) in [6.07, 6.45) is 9.78. The number of rotatable bonds is 3. The summed E-state index contributed by atoms with van der Waals surface area (Å²) in [6, 6.07) is 9.63. The number of hydrogen-bond acceptors (Lipinski definition) is 5. The Labute approximate surface area is 194 Å². The highest BCUT2D eigenvalue weighted by Crippen LogP contribution is 2.40. The minimum absolute atomic E-state index is 0.101. The Morgan fingerprint density at radius 2 is 1.61 bits per heavy atom. The first kappa shape index (κ1) is 23.9. The Balaban J connectivity index is 1.40. The molecule has 2 aliphatic rings. The third kappa shape index (κ3) is 5.63. The Kier molecular flexibility index (Phi) is 7.80. The third-order valence-corrected chi connectivity index (χ3v) is 7.44. The molecular formula is C25H36FN5O2. The number of fused-ring (bicyclic) bond motifs is 1. The largest absolute Gasteiger partial charge is 0.321 e. The summed E-state index contributed by atoms with van der Waals surface area (Å²) in [5, 5.41) is 24.2. The zero-order valence-electron chi connectivity index (χ0n) is 19.3. The molecule has 1 aliphatic heterocycles. The summed E-state index contributed by atoms with van der Waals surface area (Å²) in [4.78, 5) is 12.7. The van der Waals surface area contributed by atoms with Crippen molar-refractivity contribution in [2.45, 2.75) is 83.2 Å². The van der Waals surface area contributed by atoms with Crippen molar-refractivity contribution in [3.05, 3.63) is 42.2 Å². The van der Waals surface area contributed by atoms with Crippen LogP contribution in [0, 0.1) is 11.2 Å². The van der Waals surface area contributed by atoms with E-state index < -0.39 is 6.29 Å². The number of carbonyl (C=O) groups is 1. The highest BCUT2D eigenvalue weighted by atomic mass is 19.1. The number of benzene rings is 2. The molecule has 1 saturated heterocycles. The van der Waals surface area contributed by atoms with Crippen LogP contribution in [0.5, 0.6) is 0 Å². The Morgan fingerprint density at radius 1 is 0.970 bits per heavy atom. The van der Waals surface area contributed by atoms with E-state index in [9.17, 15) is 14.4 Å². The van der Waals surface area contributed by atoms with Gasteiger partial charge in [0.1, 0.15) is 12.1 Å². The predicted molar refractivity (Wildman–Crippen MR) is 128 cm³/mol. The molecule has 180 valence electrons. The summed E-state index contributed by atoms with van der Waals surface area (Å²) in [5.41, 5.74) is 2.99. The number of hydroxylamine groups is 1. The smallest absolute Gasteiger partial charge is 0.315 e. The highest BCUT2D eigenvalue weighted by molar-refractivity contribution is 5.93. The van der Waals surface area contributed by atoms with Crippen molar-refractivity contribution in [2.24, 2.45) is 5.41 Å². The van der Waals surface area contributed by atoms with Crippen LogP contribution in [-0.4, -0.2) is 29.7 Å². The van der Waals surface area contributed by atoms with Gasteiger partial charge in [0.2, 0.25) is 0 Å². The van der Waals surface area contributed by atoms with E-state index in [4.69, 9.17) is 0 Å². The van der Waals surface area contributed by atoms with Crippen LogP contribution in [0.15, 0.2) is 36.4 Å². The molecule has 0 aromatic heterocycles. The number of amides is 2. The second kappa shape index (κ2) is 10.8. The van der Waals surface area contributed by atoms with E-state index in [0.717, 1.165) is 36.5 Å². The molecule has 4 rings (SSSR count). The fourth-order valence-electron chi connectivity index (χ4n) is 5.53. The quantitative estimate of drug-likeness (QED) is 0.373. The first-order valence-corrected chi connectivity index (χ1v) is 12.2. The van der Waals surface area contributed by atoms with Crippen molar-refractivity contribution in [3.63, 3.8) is 0 Å². The zero-order chi connectivity index (χ0) is 23.3. The van der Waals surface area contributed by atoms with E-state index in [1.807, 2.05) is 6.07 Å². The minimum Gasteiger partial charge on any atom is -0.315 e. The maximum atomic E-state index is 13.4. The molecule has 2 fully saturated rings. The lowest BCUT2D eigenvalue weighted by Crippen LogP contribution is -2.75. The molecule has 2 aromatic rings. The van der Waals surface area contributed by atoms with Crippen molar-refractivity contribution in [3.8, 4) is 0 Å². The molecule has 8 heteroatoms. The lowest BCUT2D eigenvalue weighted by Gasteiger charge is -2.52. The lowest BCUT2D eigenvalue weighted by molar-refractivity contribution is -0.0462. The van der Waals surface area contributed by atoms with E-state index in [1.165, 1.54) is 44.2 Å². The van der Waals surface area contributed by atoms with Crippen LogP contribution >= 0.6 is 0 Å². The van der Waals surface area contributed by atoms with E-state index in [-0.39, 0.29) is 29.5 Å². The van der Waals surface area contributed by atoms with Crippen LogP contribution in [0.1, 0.15) is 64.7 Å². The summed E-state index contributed by atoms with van der Waals surface area (Å²) in [6.45, 7) is 2.14. The van der Waals surface area contributed by atoms with Crippen LogP contribution in [0.2, 0.25) is 0 Å². The van der Waals surface area contributed by atoms with Gasteiger partial charge in [0, 0.05) is 17.1 Å². The molecule has 33 heavy (non-hydrogen) atoms. The van der Waals surface area contributed by atoms with Crippen LogP contribution in [-0.2, 0) is 0 Å². The van der Waals surface area contributed by atoms with Crippen molar-refractivity contribution >= 4 is 22.5 Å². The maximum absolute atomic E-state index is 13.4. The summed E-state index contributed by atoms with van der Waals surface area (Å²) in [5.74, 6) is -0.287. The molecule has 2 aromatic carbocycles. The van der Waals surface area contributed by atoms with Gasteiger partial charge < -0.3 is 15.8 Å². The second-order valence-electron chi connectivity index (χ2n) is 9.56. The van der Waals surface area contributed by atoms with Crippen molar-refractivity contribution in [2.75, 3.05) is 5.32 Å². The van der Waals surface area contributed by atoms with Crippen molar-refractivity contribution in [1.29, 1.82) is 0 Å². The van der Waals surface area contributed by atoms with Crippen molar-refractivity contribution in [1.82, 2.24) is 21.4 Å². The Bertz CT molecular complexity index is 946. The van der Waals surface area contributed by atoms with Gasteiger partial charge in [-0.25, -0.2) is 9.18 Å². The van der Waals surface area contributed by atoms with E-state index >= 15 is 0 Å². The number of carbonyl (C=O) groups excluding carboxylic acids is 1. The van der Waals surface area contributed by atoms with Gasteiger partial charge in [0.05, 0.1) is 6.17 Å². The minimum atomic E-state index is -0.500. The molecule has 0 radical (unpaired) electrons. The lowest BCUT2D eigenvalue weighted by atomic mass is 9.68. The number of nitrogens with one attached hydrogen (secondary N) is 5. The average Bonchev–Trinajstić information content (AvgIpc) is 2.80. The number of halogens is 1. The SMILES string of the molecule is CC1NC(NC(=O)Nc2ccc3cc(F)ccc3c2)NC(NO)C12CCCCCCCCC2. The van der Waals surface area contributed by atoms with Gasteiger partial charge in [0.15, 0.2) is 0 Å². The van der Waals surface area contributed by atoms with Gasteiger partial charge in [-0.1, -0.05) is 57.1 Å². The van der Waals surface area contributed by atoms with Crippen LogP contribution in [0.25, 0.3) is 10.8 Å². The Morgan fingerprint density at radius 3 is 2.30 bits per heavy atom. The molecule has 0 bridgehead atoms. The molecule has 7 nitrogen and oxygen atoms in total. The van der Waals surface area contributed by atoms with Crippen LogP contribution in [0.3, 0.4) is 0 Å². The third-order valence-electron chi connectivity index (χ3n) is 7.44. The zero-order valence-corrected chi connectivity index (χ0v) is 19.3. The molecular weight excluding hydrogens is 421 g/mol. The molecule has 1 heterocycles. The fraction of sp³-hybridized carbons (Fsp3) is 0.560. The first-order valence-electron chi connectivity index (χ1n) is 12.2. The predicted octanol–water partition coefficient (Wildman–Crippen LogP) is 4.78. The summed E-state index contributed by atoms with van der Waals surface area (Å²) in [7, 11) is 0. The fourth-order valence-corrected chi connectivity index (χ4v) is 5.53. The molecule has 3 atom stereocenters. The van der Waals surface area contributed by atoms with E-state index in [0.29, 0.717) is 5.69 Å². The van der Waals surface area contributed by atoms with Crippen LogP contribution in [0.4, 0.5) is 14.9 Å². The van der Waals surface area contributed by atoms with Gasteiger partial charge >= 0.3 is 6.03 Å². The van der Waals surface area contributed by atoms with Gasteiger partial charge in [-0.2, -0.15) is 5.48 Å².